The molecule has 0 fully saturated rings. The summed E-state index contributed by atoms with van der Waals surface area (Å²) >= 11 is 1.53. The minimum absolute atomic E-state index is 0.567. The van der Waals surface area contributed by atoms with Crippen molar-refractivity contribution in [3.63, 3.8) is 0 Å². The molecule has 0 saturated heterocycles. The standard InChI is InChI=1S/C12H10N2O2S/c1-15-9-4-5-17-11(9)12-14-8-3-2-7(13)6-10(8)16-12/h2-6H,13H2,1H3. The number of nitrogens with zero attached hydrogens (tertiary/aromatic N) is 1. The number of rotatable bonds is 2. The zero-order chi connectivity index (χ0) is 11.8. The summed E-state index contributed by atoms with van der Waals surface area (Å²) in [4.78, 5) is 5.30. The van der Waals surface area contributed by atoms with Crippen molar-refractivity contribution in [3.8, 4) is 16.5 Å². The fourth-order valence-corrected chi connectivity index (χ4v) is 2.44. The average molecular weight is 246 g/mol. The van der Waals surface area contributed by atoms with Gasteiger partial charge in [0.25, 0.3) is 0 Å². The van der Waals surface area contributed by atoms with Crippen LogP contribution < -0.4 is 10.5 Å². The molecule has 0 bridgehead atoms. The van der Waals surface area contributed by atoms with Crippen LogP contribution in [0.5, 0.6) is 5.75 Å². The topological polar surface area (TPSA) is 61.3 Å². The molecule has 0 atom stereocenters. The van der Waals surface area contributed by atoms with E-state index in [9.17, 15) is 0 Å². The number of benzene rings is 1. The van der Waals surface area contributed by atoms with E-state index in [4.69, 9.17) is 14.9 Å². The third-order valence-electron chi connectivity index (χ3n) is 2.46. The fraction of sp³-hybridized carbons (Fsp3) is 0.0833. The maximum atomic E-state index is 5.70. The molecule has 0 aliphatic carbocycles. The molecule has 0 spiro atoms. The van der Waals surface area contributed by atoms with Gasteiger partial charge in [0, 0.05) is 11.8 Å². The molecule has 1 aromatic carbocycles. The smallest absolute Gasteiger partial charge is 0.241 e. The van der Waals surface area contributed by atoms with Crippen molar-refractivity contribution >= 4 is 28.1 Å². The quantitative estimate of drug-likeness (QED) is 0.705. The molecule has 0 unspecified atom stereocenters. The predicted octanol–water partition coefficient (Wildman–Crippen LogP) is 3.15. The van der Waals surface area contributed by atoms with Crippen LogP contribution in [-0.2, 0) is 0 Å². The Kier molecular flexibility index (Phi) is 2.26. The Labute approximate surface area is 102 Å². The normalized spacial score (nSPS) is 10.9. The van der Waals surface area contributed by atoms with Gasteiger partial charge in [-0.25, -0.2) is 4.98 Å². The Morgan fingerprint density at radius 1 is 1.35 bits per heavy atom. The van der Waals surface area contributed by atoms with E-state index < -0.39 is 0 Å². The summed E-state index contributed by atoms with van der Waals surface area (Å²) in [7, 11) is 1.63. The van der Waals surface area contributed by atoms with E-state index in [0.717, 1.165) is 16.1 Å². The van der Waals surface area contributed by atoms with Crippen LogP contribution >= 0.6 is 11.3 Å². The van der Waals surface area contributed by atoms with Crippen molar-refractivity contribution in [1.29, 1.82) is 0 Å². The molecule has 2 heterocycles. The summed E-state index contributed by atoms with van der Waals surface area (Å²) in [6.07, 6.45) is 0. The third-order valence-corrected chi connectivity index (χ3v) is 3.34. The number of nitrogen functional groups attached to an aromatic ring is 1. The van der Waals surface area contributed by atoms with Gasteiger partial charge >= 0.3 is 0 Å². The zero-order valence-electron chi connectivity index (χ0n) is 9.14. The molecule has 3 aromatic rings. The Morgan fingerprint density at radius 3 is 3.06 bits per heavy atom. The molecule has 0 radical (unpaired) electrons. The number of aromatic nitrogens is 1. The SMILES string of the molecule is COc1ccsc1-c1nc2ccc(N)cc2o1. The van der Waals surface area contributed by atoms with Gasteiger partial charge in [-0.2, -0.15) is 0 Å². The summed E-state index contributed by atoms with van der Waals surface area (Å²) in [6.45, 7) is 0. The van der Waals surface area contributed by atoms with E-state index in [1.54, 1.807) is 19.2 Å². The van der Waals surface area contributed by atoms with Crippen molar-refractivity contribution in [3.05, 3.63) is 29.6 Å². The van der Waals surface area contributed by atoms with Gasteiger partial charge in [0.2, 0.25) is 5.89 Å². The zero-order valence-corrected chi connectivity index (χ0v) is 9.95. The summed E-state index contributed by atoms with van der Waals surface area (Å²) in [5.74, 6) is 1.34. The minimum Gasteiger partial charge on any atom is -0.495 e. The third kappa shape index (κ3) is 1.64. The van der Waals surface area contributed by atoms with Gasteiger partial charge in [-0.15, -0.1) is 11.3 Å². The first kappa shape index (κ1) is 10.2. The number of oxazole rings is 1. The van der Waals surface area contributed by atoms with E-state index in [-0.39, 0.29) is 0 Å². The van der Waals surface area contributed by atoms with Crippen LogP contribution in [-0.4, -0.2) is 12.1 Å². The largest absolute Gasteiger partial charge is 0.495 e. The van der Waals surface area contributed by atoms with E-state index in [1.165, 1.54) is 11.3 Å². The van der Waals surface area contributed by atoms with Crippen LogP contribution in [0.2, 0.25) is 0 Å². The Morgan fingerprint density at radius 2 is 2.24 bits per heavy atom. The second-order valence-corrected chi connectivity index (χ2v) is 4.48. The lowest BCUT2D eigenvalue weighted by Crippen LogP contribution is -1.82. The van der Waals surface area contributed by atoms with Crippen LogP contribution in [0.15, 0.2) is 34.1 Å². The number of hydrogen-bond donors (Lipinski definition) is 1. The van der Waals surface area contributed by atoms with Crippen LogP contribution in [0.4, 0.5) is 5.69 Å². The van der Waals surface area contributed by atoms with Gasteiger partial charge < -0.3 is 14.9 Å². The lowest BCUT2D eigenvalue weighted by atomic mass is 10.3. The van der Waals surface area contributed by atoms with Crippen LogP contribution in [0.3, 0.4) is 0 Å². The summed E-state index contributed by atoms with van der Waals surface area (Å²) < 4.78 is 10.9. The number of hydrogen-bond acceptors (Lipinski definition) is 5. The molecular weight excluding hydrogens is 236 g/mol. The van der Waals surface area contributed by atoms with E-state index in [0.29, 0.717) is 17.2 Å². The Balaban J connectivity index is 2.18. The lowest BCUT2D eigenvalue weighted by Gasteiger charge is -1.96. The molecule has 0 aliphatic rings. The highest BCUT2D eigenvalue weighted by atomic mass is 32.1. The minimum atomic E-state index is 0.567. The van der Waals surface area contributed by atoms with Crippen molar-refractivity contribution in [2.75, 3.05) is 12.8 Å². The first-order valence-electron chi connectivity index (χ1n) is 5.06. The highest BCUT2D eigenvalue weighted by molar-refractivity contribution is 7.13. The molecule has 2 N–H and O–H groups in total. The number of ether oxygens (including phenoxy) is 1. The maximum absolute atomic E-state index is 5.70. The first-order valence-corrected chi connectivity index (χ1v) is 5.94. The van der Waals surface area contributed by atoms with Gasteiger partial charge in [-0.3, -0.25) is 0 Å². The van der Waals surface area contributed by atoms with Crippen LogP contribution in [0.25, 0.3) is 21.9 Å². The second-order valence-electron chi connectivity index (χ2n) is 3.56. The molecule has 0 saturated carbocycles. The number of nitrogens with two attached hydrogens (primary N) is 1. The van der Waals surface area contributed by atoms with Crippen molar-refractivity contribution < 1.29 is 9.15 Å². The van der Waals surface area contributed by atoms with Gasteiger partial charge in [0.1, 0.15) is 16.1 Å². The Hall–Kier alpha value is -2.01. The fourth-order valence-electron chi connectivity index (χ4n) is 1.65. The number of fused-ring (bicyclic) bond motifs is 1. The molecular formula is C12H10N2O2S. The maximum Gasteiger partial charge on any atom is 0.241 e. The highest BCUT2D eigenvalue weighted by Gasteiger charge is 2.14. The molecule has 86 valence electrons. The van der Waals surface area contributed by atoms with Gasteiger partial charge in [0.05, 0.1) is 7.11 Å². The molecule has 0 amide bonds. The molecule has 0 aliphatic heterocycles. The van der Waals surface area contributed by atoms with Crippen LogP contribution in [0, 0.1) is 0 Å². The van der Waals surface area contributed by atoms with Gasteiger partial charge in [0.15, 0.2) is 5.58 Å². The van der Waals surface area contributed by atoms with Gasteiger partial charge in [-0.05, 0) is 23.6 Å². The summed E-state index contributed by atoms with van der Waals surface area (Å²) in [6, 6.07) is 7.31. The Bertz CT molecular complexity index is 672. The second kappa shape index (κ2) is 3.78. The molecule has 5 heteroatoms. The molecule has 4 nitrogen and oxygen atoms in total. The molecule has 3 rings (SSSR count). The summed E-state index contributed by atoms with van der Waals surface area (Å²) in [5, 5.41) is 1.94. The first-order chi connectivity index (χ1) is 8.28. The summed E-state index contributed by atoms with van der Waals surface area (Å²) in [5.41, 5.74) is 7.85. The van der Waals surface area contributed by atoms with Crippen LogP contribution in [0.1, 0.15) is 0 Å². The monoisotopic (exact) mass is 246 g/mol. The number of anilines is 1. The number of methoxy groups -OCH3 is 1. The average Bonchev–Trinajstić information content (AvgIpc) is 2.93. The van der Waals surface area contributed by atoms with E-state index in [1.807, 2.05) is 17.5 Å². The lowest BCUT2D eigenvalue weighted by molar-refractivity contribution is 0.416. The molecule has 17 heavy (non-hydrogen) atoms. The highest BCUT2D eigenvalue weighted by Crippen LogP contribution is 2.36. The van der Waals surface area contributed by atoms with Crippen molar-refractivity contribution in [2.24, 2.45) is 0 Å². The van der Waals surface area contributed by atoms with Crippen molar-refractivity contribution in [1.82, 2.24) is 4.98 Å². The van der Waals surface area contributed by atoms with Gasteiger partial charge in [-0.1, -0.05) is 0 Å². The van der Waals surface area contributed by atoms with E-state index in [2.05, 4.69) is 4.98 Å². The number of thiophene rings is 1. The molecule has 2 aromatic heterocycles. The van der Waals surface area contributed by atoms with Crippen molar-refractivity contribution in [2.45, 2.75) is 0 Å². The van der Waals surface area contributed by atoms with E-state index >= 15 is 0 Å². The predicted molar refractivity (Wildman–Crippen MR) is 68.3 cm³/mol.